The minimum Gasteiger partial charge on any atom is -0.494 e. The third kappa shape index (κ3) is 3.95. The van der Waals surface area contributed by atoms with E-state index in [1.807, 2.05) is 31.2 Å². The molecule has 4 nitrogen and oxygen atoms in total. The zero-order valence-corrected chi connectivity index (χ0v) is 21.4. The number of fused-ring (bicyclic) bond motifs is 5. The summed E-state index contributed by atoms with van der Waals surface area (Å²) in [7, 11) is 0. The summed E-state index contributed by atoms with van der Waals surface area (Å²) < 4.78 is 11.7. The normalized spacial score (nSPS) is 41.1. The van der Waals surface area contributed by atoms with E-state index in [9.17, 15) is 9.90 Å². The molecule has 4 heteroatoms. The molecule has 4 aliphatic rings. The second kappa shape index (κ2) is 8.78. The van der Waals surface area contributed by atoms with Gasteiger partial charge in [-0.1, -0.05) is 37.6 Å². The van der Waals surface area contributed by atoms with Gasteiger partial charge in [0.05, 0.1) is 13.2 Å². The van der Waals surface area contributed by atoms with Gasteiger partial charge in [0.15, 0.2) is 5.79 Å². The SMILES string of the molecule is CCOc1ccc(CO[C@@]2(O)CC[C@@]3(C)C(=CCC4C3CC[C@@]3(C)C4CC[C@@H]3C(C)=O)C2)cc1. The molecular weight excluding hydrogens is 424 g/mol. The lowest BCUT2D eigenvalue weighted by Crippen LogP contribution is -2.52. The molecule has 3 saturated carbocycles. The molecule has 1 N–H and O–H groups in total. The summed E-state index contributed by atoms with van der Waals surface area (Å²) in [5.74, 6) is 2.41. The predicted molar refractivity (Wildman–Crippen MR) is 133 cm³/mol. The minimum absolute atomic E-state index is 0.146. The van der Waals surface area contributed by atoms with Crippen LogP contribution in [0.25, 0.3) is 0 Å². The summed E-state index contributed by atoms with van der Waals surface area (Å²) in [5, 5.41) is 11.4. The Balaban J connectivity index is 1.28. The number of carbonyl (C=O) groups is 1. The van der Waals surface area contributed by atoms with E-state index in [2.05, 4.69) is 19.9 Å². The fraction of sp³-hybridized carbons (Fsp3) is 0.700. The number of carbonyl (C=O) groups excluding carboxylic acids is 1. The maximum atomic E-state index is 12.4. The molecule has 0 heterocycles. The molecule has 34 heavy (non-hydrogen) atoms. The Bertz CT molecular complexity index is 951. The number of allylic oxidation sites excluding steroid dienone is 1. The number of hydrogen-bond donors (Lipinski definition) is 1. The third-order valence-electron chi connectivity index (χ3n) is 10.4. The van der Waals surface area contributed by atoms with Crippen LogP contribution >= 0.6 is 0 Å². The summed E-state index contributed by atoms with van der Waals surface area (Å²) in [4.78, 5) is 12.4. The van der Waals surface area contributed by atoms with Gasteiger partial charge in [-0.15, -0.1) is 0 Å². The van der Waals surface area contributed by atoms with Gasteiger partial charge < -0.3 is 14.6 Å². The van der Waals surface area contributed by atoms with E-state index < -0.39 is 5.79 Å². The van der Waals surface area contributed by atoms with Crippen molar-refractivity contribution in [3.05, 3.63) is 41.5 Å². The van der Waals surface area contributed by atoms with E-state index in [0.29, 0.717) is 49.6 Å². The molecule has 3 fully saturated rings. The fourth-order valence-corrected chi connectivity index (χ4v) is 8.48. The van der Waals surface area contributed by atoms with Crippen LogP contribution in [0.3, 0.4) is 0 Å². The molecule has 4 aliphatic carbocycles. The molecule has 7 atom stereocenters. The summed E-state index contributed by atoms with van der Waals surface area (Å²) in [6.45, 7) is 9.70. The van der Waals surface area contributed by atoms with Gasteiger partial charge in [0.2, 0.25) is 0 Å². The highest BCUT2D eigenvalue weighted by molar-refractivity contribution is 5.79. The second-order valence-corrected chi connectivity index (χ2v) is 12.0. The van der Waals surface area contributed by atoms with Crippen molar-refractivity contribution in [2.45, 2.75) is 91.5 Å². The number of Topliss-reactive ketones (excluding diaryl/α,β-unsaturated/α-hetero) is 1. The summed E-state index contributed by atoms with van der Waals surface area (Å²) in [5.41, 5.74) is 2.78. The van der Waals surface area contributed by atoms with Crippen LogP contribution in [0, 0.1) is 34.5 Å². The minimum atomic E-state index is -1.09. The van der Waals surface area contributed by atoms with Crippen molar-refractivity contribution < 1.29 is 19.4 Å². The van der Waals surface area contributed by atoms with Crippen LogP contribution in [0.15, 0.2) is 35.9 Å². The number of ether oxygens (including phenoxy) is 2. The van der Waals surface area contributed by atoms with Crippen molar-refractivity contribution in [3.8, 4) is 5.75 Å². The Morgan fingerprint density at radius 1 is 1.06 bits per heavy atom. The van der Waals surface area contributed by atoms with E-state index >= 15 is 0 Å². The van der Waals surface area contributed by atoms with Gasteiger partial charge in [-0.3, -0.25) is 4.79 Å². The first-order chi connectivity index (χ1) is 16.2. The lowest BCUT2D eigenvalue weighted by molar-refractivity contribution is -0.231. The molecule has 0 amide bonds. The Kier molecular flexibility index (Phi) is 6.21. The molecule has 186 valence electrons. The monoisotopic (exact) mass is 466 g/mol. The fourth-order valence-electron chi connectivity index (χ4n) is 8.48. The Hall–Kier alpha value is -1.65. The molecule has 3 unspecified atom stereocenters. The van der Waals surface area contributed by atoms with Crippen LogP contribution in [0.5, 0.6) is 5.75 Å². The van der Waals surface area contributed by atoms with Gasteiger partial charge in [0.1, 0.15) is 11.5 Å². The molecule has 5 rings (SSSR count). The molecule has 0 aromatic heterocycles. The first-order valence-corrected chi connectivity index (χ1v) is 13.5. The van der Waals surface area contributed by atoms with Crippen molar-refractivity contribution in [2.75, 3.05) is 6.61 Å². The highest BCUT2D eigenvalue weighted by Crippen LogP contribution is 2.66. The van der Waals surface area contributed by atoms with Crippen LogP contribution in [0.1, 0.15) is 84.6 Å². The molecule has 1 aromatic carbocycles. The largest absolute Gasteiger partial charge is 0.494 e. The molecule has 0 spiro atoms. The number of ketones is 1. The van der Waals surface area contributed by atoms with E-state index in [0.717, 1.165) is 30.6 Å². The van der Waals surface area contributed by atoms with Crippen molar-refractivity contribution >= 4 is 5.78 Å². The number of rotatable bonds is 6. The zero-order chi connectivity index (χ0) is 24.1. The van der Waals surface area contributed by atoms with E-state index in [1.165, 1.54) is 24.8 Å². The van der Waals surface area contributed by atoms with Crippen LogP contribution in [0.2, 0.25) is 0 Å². The third-order valence-corrected chi connectivity index (χ3v) is 10.4. The second-order valence-electron chi connectivity index (χ2n) is 12.0. The first kappa shape index (κ1) is 24.1. The number of aliphatic hydroxyl groups is 1. The predicted octanol–water partition coefficient (Wildman–Crippen LogP) is 6.46. The summed E-state index contributed by atoms with van der Waals surface area (Å²) in [6, 6.07) is 7.95. The van der Waals surface area contributed by atoms with Crippen molar-refractivity contribution in [2.24, 2.45) is 34.5 Å². The Labute approximate surface area is 205 Å². The Morgan fingerprint density at radius 2 is 1.82 bits per heavy atom. The average molecular weight is 467 g/mol. The van der Waals surface area contributed by atoms with E-state index in [-0.39, 0.29) is 16.7 Å². The molecule has 0 aliphatic heterocycles. The molecule has 1 aromatic rings. The van der Waals surface area contributed by atoms with Gasteiger partial charge in [-0.2, -0.15) is 0 Å². The maximum absolute atomic E-state index is 12.4. The highest BCUT2D eigenvalue weighted by Gasteiger charge is 2.60. The summed E-state index contributed by atoms with van der Waals surface area (Å²) in [6.07, 6.45) is 10.5. The van der Waals surface area contributed by atoms with E-state index in [1.54, 1.807) is 6.92 Å². The van der Waals surface area contributed by atoms with Crippen molar-refractivity contribution in [3.63, 3.8) is 0 Å². The summed E-state index contributed by atoms with van der Waals surface area (Å²) >= 11 is 0. The Morgan fingerprint density at radius 3 is 2.53 bits per heavy atom. The van der Waals surface area contributed by atoms with Crippen LogP contribution in [-0.4, -0.2) is 23.3 Å². The average Bonchev–Trinajstić information content (AvgIpc) is 3.17. The van der Waals surface area contributed by atoms with Gasteiger partial charge in [0.25, 0.3) is 0 Å². The van der Waals surface area contributed by atoms with Gasteiger partial charge in [-0.05, 0) is 98.7 Å². The van der Waals surface area contributed by atoms with Crippen LogP contribution < -0.4 is 4.74 Å². The number of hydrogen-bond acceptors (Lipinski definition) is 4. The lowest BCUT2D eigenvalue weighted by atomic mass is 9.47. The van der Waals surface area contributed by atoms with Crippen LogP contribution in [-0.2, 0) is 16.1 Å². The molecule has 0 radical (unpaired) electrons. The maximum Gasteiger partial charge on any atom is 0.169 e. The van der Waals surface area contributed by atoms with Gasteiger partial charge in [-0.25, -0.2) is 0 Å². The van der Waals surface area contributed by atoms with Gasteiger partial charge in [0, 0.05) is 18.8 Å². The van der Waals surface area contributed by atoms with E-state index in [4.69, 9.17) is 9.47 Å². The van der Waals surface area contributed by atoms with Crippen LogP contribution in [0.4, 0.5) is 0 Å². The zero-order valence-electron chi connectivity index (χ0n) is 21.4. The number of benzene rings is 1. The smallest absolute Gasteiger partial charge is 0.169 e. The molecule has 0 saturated heterocycles. The molecule has 0 bridgehead atoms. The molecular formula is C30H42O4. The van der Waals surface area contributed by atoms with Crippen molar-refractivity contribution in [1.82, 2.24) is 0 Å². The highest BCUT2D eigenvalue weighted by atomic mass is 16.6. The standard InChI is InChI=1S/C30H42O4/c1-5-33-23-9-6-21(7-10-23)19-34-30(32)17-16-28(3)22(18-30)8-11-24-26-13-12-25(20(2)31)29(26,4)15-14-27(24)28/h6-10,24-27,32H,5,11-19H2,1-4H3/t24?,25-,26?,27?,28+,29-,30+/m1/s1. The van der Waals surface area contributed by atoms with Crippen molar-refractivity contribution in [1.29, 1.82) is 0 Å². The van der Waals surface area contributed by atoms with Gasteiger partial charge >= 0.3 is 0 Å². The topological polar surface area (TPSA) is 55.8 Å². The lowest BCUT2D eigenvalue weighted by Gasteiger charge is -2.58. The first-order valence-electron chi connectivity index (χ1n) is 13.5. The quantitative estimate of drug-likeness (QED) is 0.386.